The lowest BCUT2D eigenvalue weighted by atomic mass is 9.93. The van der Waals surface area contributed by atoms with E-state index < -0.39 is 25.1 Å². The Hall–Kier alpha value is -2.53. The maximum absolute atomic E-state index is 14.5. The van der Waals surface area contributed by atoms with Crippen molar-refractivity contribution in [2.45, 2.75) is 12.1 Å². The number of nitrogens with zero attached hydrogens (tertiary/aromatic N) is 5. The van der Waals surface area contributed by atoms with Crippen molar-refractivity contribution in [3.05, 3.63) is 48.1 Å². The van der Waals surface area contributed by atoms with E-state index in [1.54, 1.807) is 0 Å². The van der Waals surface area contributed by atoms with Gasteiger partial charge in [-0.1, -0.05) is 6.07 Å². The molecule has 0 fully saturated rings. The number of phosphoric acid groups is 1. The fourth-order valence-corrected chi connectivity index (χ4v) is 3.02. The number of rotatable bonds is 9. The van der Waals surface area contributed by atoms with Crippen LogP contribution in [0.2, 0.25) is 0 Å². The monoisotopic (exact) mass is 402 g/mol. The van der Waals surface area contributed by atoms with Crippen LogP contribution in [0.25, 0.3) is 0 Å². The summed E-state index contributed by atoms with van der Waals surface area (Å²) in [6, 6.07) is 2.68. The predicted octanol–water partition coefficient (Wildman–Crippen LogP) is 1.23. The minimum absolute atomic E-state index is 0.236. The molecule has 0 aliphatic carbocycles. The van der Waals surface area contributed by atoms with Crippen LogP contribution in [0.1, 0.15) is 5.56 Å². The molecule has 2 aromatic rings. The molecule has 1 heterocycles. The van der Waals surface area contributed by atoms with Crippen molar-refractivity contribution >= 4 is 20.5 Å². The van der Waals surface area contributed by atoms with Crippen LogP contribution < -0.4 is 5.73 Å². The summed E-state index contributed by atoms with van der Waals surface area (Å²) in [5, 5.41) is 3.89. The van der Waals surface area contributed by atoms with Crippen LogP contribution in [0.4, 0.5) is 8.78 Å². The topological polar surface area (TPSA) is 137 Å². The van der Waals surface area contributed by atoms with Crippen LogP contribution >= 0.6 is 7.82 Å². The van der Waals surface area contributed by atoms with Crippen LogP contribution in [0.15, 0.2) is 40.8 Å². The molecular weight excluding hydrogens is 385 g/mol. The highest BCUT2D eigenvalue weighted by Crippen LogP contribution is 2.50. The molecule has 146 valence electrons. The van der Waals surface area contributed by atoms with Gasteiger partial charge in [0.25, 0.3) is 0 Å². The second-order valence-corrected chi connectivity index (χ2v) is 6.69. The highest BCUT2D eigenvalue weighted by molar-refractivity contribution is 7.47. The van der Waals surface area contributed by atoms with Gasteiger partial charge < -0.3 is 10.6 Å². The molecule has 1 aromatic heterocycles. The van der Waals surface area contributed by atoms with E-state index >= 15 is 0 Å². The summed E-state index contributed by atoms with van der Waals surface area (Å²) in [6.45, 7) is -0.673. The third-order valence-corrected chi connectivity index (χ3v) is 4.45. The number of halogens is 2. The molecule has 2 rings (SSSR count). The number of hydrogen-bond donors (Lipinski definition) is 2. The minimum atomic E-state index is -4.62. The van der Waals surface area contributed by atoms with E-state index in [2.05, 4.69) is 24.6 Å². The molecule has 0 spiro atoms. The molecule has 0 bridgehead atoms. The van der Waals surface area contributed by atoms with E-state index in [4.69, 9.17) is 10.3 Å². The van der Waals surface area contributed by atoms with Crippen molar-refractivity contribution in [2.75, 3.05) is 13.7 Å². The second-order valence-electron chi connectivity index (χ2n) is 5.21. The van der Waals surface area contributed by atoms with Gasteiger partial charge in [0.1, 0.15) is 36.2 Å². The zero-order chi connectivity index (χ0) is 19.9. The van der Waals surface area contributed by atoms with Crippen LogP contribution in [-0.4, -0.2) is 46.0 Å². The van der Waals surface area contributed by atoms with Gasteiger partial charge in [-0.2, -0.15) is 5.10 Å². The average Bonchev–Trinajstić information content (AvgIpc) is 3.11. The maximum atomic E-state index is 14.5. The lowest BCUT2D eigenvalue weighted by Gasteiger charge is -2.33. The first kappa shape index (κ1) is 20.8. The molecule has 27 heavy (non-hydrogen) atoms. The van der Waals surface area contributed by atoms with Crippen LogP contribution in [0.3, 0.4) is 0 Å². The summed E-state index contributed by atoms with van der Waals surface area (Å²) in [5.41, 5.74) is 2.99. The molecule has 0 saturated heterocycles. The Morgan fingerprint density at radius 1 is 1.48 bits per heavy atom. The number of aromatic nitrogens is 3. The van der Waals surface area contributed by atoms with Crippen molar-refractivity contribution in [3.8, 4) is 0 Å². The molecule has 10 nitrogen and oxygen atoms in total. The molecule has 0 radical (unpaired) electrons. The van der Waals surface area contributed by atoms with Gasteiger partial charge >= 0.3 is 7.82 Å². The van der Waals surface area contributed by atoms with Crippen molar-refractivity contribution < 1.29 is 27.3 Å². The first-order valence-corrected chi connectivity index (χ1v) is 8.90. The summed E-state index contributed by atoms with van der Waals surface area (Å²) >= 11 is 0. The van der Waals surface area contributed by atoms with Crippen LogP contribution in [-0.2, 0) is 25.8 Å². The van der Waals surface area contributed by atoms with Crippen LogP contribution in [0.5, 0.6) is 0 Å². The van der Waals surface area contributed by atoms with Gasteiger partial charge in [-0.25, -0.2) is 28.0 Å². The SMILES string of the molecule is COP(=O)(O)OC(CN=CN=CN)(Cn1cncn1)c1ccc(F)cc1F. The number of benzene rings is 1. The summed E-state index contributed by atoms with van der Waals surface area (Å²) in [5.74, 6) is -1.84. The minimum Gasteiger partial charge on any atom is -0.390 e. The Labute approximate surface area is 153 Å². The van der Waals surface area contributed by atoms with Crippen molar-refractivity contribution in [2.24, 2.45) is 15.7 Å². The zero-order valence-electron chi connectivity index (χ0n) is 14.1. The zero-order valence-corrected chi connectivity index (χ0v) is 15.0. The summed E-state index contributed by atoms with van der Waals surface area (Å²) in [7, 11) is -3.68. The fraction of sp³-hybridized carbons (Fsp3) is 0.286. The molecule has 13 heteroatoms. The standard InChI is InChI=1S/C14H17F2N6O4P/c1-25-27(23,24)26-14(5-18-8-19-7-17,6-22-10-20-9-21-22)12-3-2-11(15)4-13(12)16/h2-4,7-10H,5-6H2,1H3,(H,23,24)(H2,17,18,19). The molecule has 0 amide bonds. The van der Waals surface area contributed by atoms with E-state index in [0.29, 0.717) is 6.07 Å². The van der Waals surface area contributed by atoms with Gasteiger partial charge in [0.05, 0.1) is 19.4 Å². The molecule has 1 aromatic carbocycles. The van der Waals surface area contributed by atoms with Gasteiger partial charge in [0.2, 0.25) is 0 Å². The maximum Gasteiger partial charge on any atom is 0.472 e. The smallest absolute Gasteiger partial charge is 0.390 e. The van der Waals surface area contributed by atoms with Gasteiger partial charge in [0.15, 0.2) is 0 Å². The van der Waals surface area contributed by atoms with Crippen molar-refractivity contribution in [1.29, 1.82) is 0 Å². The largest absolute Gasteiger partial charge is 0.472 e. The first-order valence-electron chi connectivity index (χ1n) is 7.41. The summed E-state index contributed by atoms with van der Waals surface area (Å²) in [4.78, 5) is 21.1. The normalized spacial score (nSPS) is 16.6. The number of hydrogen-bond acceptors (Lipinski definition) is 6. The quantitative estimate of drug-likeness (QED) is 0.366. The van der Waals surface area contributed by atoms with Gasteiger partial charge in [-0.05, 0) is 6.07 Å². The molecule has 0 saturated carbocycles. The Bertz CT molecular complexity index is 863. The Morgan fingerprint density at radius 2 is 2.26 bits per heavy atom. The Kier molecular flexibility index (Phi) is 6.86. The summed E-state index contributed by atoms with van der Waals surface area (Å²) in [6.07, 6.45) is 4.52. The first-order chi connectivity index (χ1) is 12.8. The number of aliphatic imine (C=N–C) groups is 2. The fourth-order valence-electron chi connectivity index (χ4n) is 2.29. The van der Waals surface area contributed by atoms with Gasteiger partial charge in [-0.3, -0.25) is 14.0 Å². The Balaban J connectivity index is 2.60. The lowest BCUT2D eigenvalue weighted by molar-refractivity contribution is 0.0117. The lowest BCUT2D eigenvalue weighted by Crippen LogP contribution is -2.38. The molecule has 0 aliphatic heterocycles. The molecule has 0 aliphatic rings. The second kappa shape index (κ2) is 8.91. The van der Waals surface area contributed by atoms with Crippen molar-refractivity contribution in [1.82, 2.24) is 14.8 Å². The molecular formula is C14H17F2N6O4P. The van der Waals surface area contributed by atoms with Gasteiger partial charge in [0, 0.05) is 18.7 Å². The highest BCUT2D eigenvalue weighted by atomic mass is 31.2. The van der Waals surface area contributed by atoms with Crippen molar-refractivity contribution in [3.63, 3.8) is 0 Å². The molecule has 2 atom stereocenters. The van der Waals surface area contributed by atoms with Crippen LogP contribution in [0, 0.1) is 11.6 Å². The van der Waals surface area contributed by atoms with E-state index in [9.17, 15) is 18.2 Å². The number of phosphoric ester groups is 1. The average molecular weight is 402 g/mol. The summed E-state index contributed by atoms with van der Waals surface area (Å²) < 4.78 is 51.0. The number of nitrogens with two attached hydrogens (primary N) is 1. The van der Waals surface area contributed by atoms with E-state index in [1.807, 2.05) is 0 Å². The predicted molar refractivity (Wildman–Crippen MR) is 92.0 cm³/mol. The third-order valence-electron chi connectivity index (χ3n) is 3.41. The van der Waals surface area contributed by atoms with E-state index in [-0.39, 0.29) is 18.7 Å². The van der Waals surface area contributed by atoms with E-state index in [0.717, 1.165) is 31.9 Å². The third kappa shape index (κ3) is 5.47. The molecule has 2 unspecified atom stereocenters. The van der Waals surface area contributed by atoms with Gasteiger partial charge in [-0.15, -0.1) is 0 Å². The molecule has 3 N–H and O–H groups in total. The highest BCUT2D eigenvalue weighted by Gasteiger charge is 2.43. The Morgan fingerprint density at radius 3 is 2.85 bits per heavy atom. The van der Waals surface area contributed by atoms with E-state index in [1.165, 1.54) is 17.3 Å².